The molecular formula is C14H15N3O3. The molecule has 0 fully saturated rings. The molecule has 2 aromatic rings. The van der Waals surface area contributed by atoms with Gasteiger partial charge < -0.3 is 10.1 Å². The van der Waals surface area contributed by atoms with Crippen molar-refractivity contribution in [3.63, 3.8) is 0 Å². The monoisotopic (exact) mass is 273 g/mol. The summed E-state index contributed by atoms with van der Waals surface area (Å²) in [5, 5.41) is 14.4. The summed E-state index contributed by atoms with van der Waals surface area (Å²) in [5.41, 5.74) is 1.73. The van der Waals surface area contributed by atoms with E-state index >= 15 is 0 Å². The van der Waals surface area contributed by atoms with Crippen molar-refractivity contribution in [1.82, 2.24) is 9.78 Å². The molecular weight excluding hydrogens is 258 g/mol. The summed E-state index contributed by atoms with van der Waals surface area (Å²) in [7, 11) is 0. The number of nitro groups is 1. The molecule has 1 heterocycles. The van der Waals surface area contributed by atoms with Crippen LogP contribution in [0, 0.1) is 10.1 Å². The van der Waals surface area contributed by atoms with E-state index in [-0.39, 0.29) is 11.6 Å². The highest BCUT2D eigenvalue weighted by Gasteiger charge is 2.22. The van der Waals surface area contributed by atoms with Crippen molar-refractivity contribution < 1.29 is 9.72 Å². The van der Waals surface area contributed by atoms with Crippen LogP contribution in [0.15, 0.2) is 36.5 Å². The van der Waals surface area contributed by atoms with E-state index < -0.39 is 11.0 Å². The number of hydrogen-bond acceptors (Lipinski definition) is 4. The van der Waals surface area contributed by atoms with Gasteiger partial charge in [0, 0.05) is 5.56 Å². The topological polar surface area (TPSA) is 78.0 Å². The number of aromatic nitrogens is 2. The van der Waals surface area contributed by atoms with Crippen LogP contribution < -0.4 is 0 Å². The first-order valence-electron chi connectivity index (χ1n) is 6.35. The number of aryl methyl sites for hydroxylation is 1. The molecule has 1 atom stereocenters. The van der Waals surface area contributed by atoms with Crippen molar-refractivity contribution in [3.8, 4) is 0 Å². The van der Waals surface area contributed by atoms with E-state index in [2.05, 4.69) is 5.10 Å². The van der Waals surface area contributed by atoms with E-state index in [1.165, 1.54) is 16.9 Å². The Morgan fingerprint density at radius 3 is 2.50 bits per heavy atom. The van der Waals surface area contributed by atoms with Crippen LogP contribution in [0.2, 0.25) is 0 Å². The summed E-state index contributed by atoms with van der Waals surface area (Å²) in [5.74, 6) is -0.378. The molecule has 0 saturated carbocycles. The molecule has 0 aliphatic heterocycles. The quantitative estimate of drug-likeness (QED) is 0.476. The molecule has 0 aliphatic carbocycles. The fraction of sp³-hybridized carbons (Fsp3) is 0.286. The van der Waals surface area contributed by atoms with E-state index in [9.17, 15) is 14.9 Å². The van der Waals surface area contributed by atoms with Gasteiger partial charge in [-0.1, -0.05) is 31.2 Å². The molecule has 0 bridgehead atoms. The second-order valence-electron chi connectivity index (χ2n) is 4.50. The van der Waals surface area contributed by atoms with Gasteiger partial charge >= 0.3 is 5.82 Å². The summed E-state index contributed by atoms with van der Waals surface area (Å²) in [6, 6.07) is 8.07. The lowest BCUT2D eigenvalue weighted by atomic mass is 10.0. The average molecular weight is 273 g/mol. The van der Waals surface area contributed by atoms with Crippen LogP contribution in [-0.4, -0.2) is 20.5 Å². The lowest BCUT2D eigenvalue weighted by Gasteiger charge is -2.08. The Kier molecular flexibility index (Phi) is 3.93. The molecule has 0 saturated heterocycles. The molecule has 0 spiro atoms. The van der Waals surface area contributed by atoms with E-state index in [1.807, 2.05) is 19.1 Å². The van der Waals surface area contributed by atoms with Gasteiger partial charge in [-0.2, -0.15) is 4.68 Å². The lowest BCUT2D eigenvalue weighted by Crippen LogP contribution is -2.17. The number of carbonyl (C=O) groups excluding carboxylic acids is 1. The summed E-state index contributed by atoms with van der Waals surface area (Å²) in [6.45, 7) is 3.72. The van der Waals surface area contributed by atoms with Gasteiger partial charge in [0.25, 0.3) is 0 Å². The SMILES string of the molecule is CCc1ccc(C(=O)C(C)n2ccc([N+](=O)[O-])n2)cc1. The van der Waals surface area contributed by atoms with Crippen LogP contribution in [0.1, 0.15) is 35.8 Å². The molecule has 20 heavy (non-hydrogen) atoms. The zero-order chi connectivity index (χ0) is 14.7. The first-order valence-corrected chi connectivity index (χ1v) is 6.35. The van der Waals surface area contributed by atoms with Crippen LogP contribution in [0.3, 0.4) is 0 Å². The minimum absolute atomic E-state index is 0.120. The van der Waals surface area contributed by atoms with Crippen molar-refractivity contribution in [2.24, 2.45) is 0 Å². The molecule has 1 unspecified atom stereocenters. The van der Waals surface area contributed by atoms with E-state index in [0.717, 1.165) is 12.0 Å². The number of nitrogens with zero attached hydrogens (tertiary/aromatic N) is 3. The van der Waals surface area contributed by atoms with Crippen molar-refractivity contribution >= 4 is 11.6 Å². The second-order valence-corrected chi connectivity index (χ2v) is 4.50. The Morgan fingerprint density at radius 2 is 2.00 bits per heavy atom. The lowest BCUT2D eigenvalue weighted by molar-refractivity contribution is -0.389. The maximum atomic E-state index is 12.3. The Balaban J connectivity index is 2.20. The maximum Gasteiger partial charge on any atom is 0.389 e. The number of rotatable bonds is 5. The van der Waals surface area contributed by atoms with Crippen molar-refractivity contribution in [2.75, 3.05) is 0 Å². The summed E-state index contributed by atoms with van der Waals surface area (Å²) < 4.78 is 1.31. The number of hydrogen-bond donors (Lipinski definition) is 0. The van der Waals surface area contributed by atoms with Crippen molar-refractivity contribution in [3.05, 3.63) is 57.8 Å². The van der Waals surface area contributed by atoms with E-state index in [1.54, 1.807) is 19.1 Å². The number of carbonyl (C=O) groups is 1. The Bertz CT molecular complexity index is 631. The third-order valence-corrected chi connectivity index (χ3v) is 3.20. The fourth-order valence-corrected chi connectivity index (χ4v) is 1.91. The van der Waals surface area contributed by atoms with Gasteiger partial charge in [0.15, 0.2) is 5.78 Å². The zero-order valence-electron chi connectivity index (χ0n) is 11.3. The third kappa shape index (κ3) is 2.74. The highest BCUT2D eigenvalue weighted by atomic mass is 16.6. The molecule has 0 radical (unpaired) electrons. The van der Waals surface area contributed by atoms with Gasteiger partial charge in [-0.15, -0.1) is 0 Å². The van der Waals surface area contributed by atoms with Crippen LogP contribution in [0.25, 0.3) is 0 Å². The first-order chi connectivity index (χ1) is 9.52. The van der Waals surface area contributed by atoms with Crippen LogP contribution in [0.4, 0.5) is 5.82 Å². The summed E-state index contributed by atoms with van der Waals surface area (Å²) >= 11 is 0. The molecule has 104 valence electrons. The van der Waals surface area contributed by atoms with Crippen LogP contribution >= 0.6 is 0 Å². The molecule has 6 heteroatoms. The van der Waals surface area contributed by atoms with E-state index in [4.69, 9.17) is 0 Å². The van der Waals surface area contributed by atoms with Gasteiger partial charge in [-0.25, -0.2) is 0 Å². The second kappa shape index (κ2) is 5.64. The molecule has 1 aromatic heterocycles. The standard InChI is InChI=1S/C14H15N3O3/c1-3-11-4-6-12(7-5-11)14(18)10(2)16-9-8-13(15-16)17(19)20/h4-10H,3H2,1-2H3. The van der Waals surface area contributed by atoms with Gasteiger partial charge in [0.05, 0.1) is 17.4 Å². The summed E-state index contributed by atoms with van der Waals surface area (Å²) in [6.07, 6.45) is 2.36. The molecule has 6 nitrogen and oxygen atoms in total. The van der Waals surface area contributed by atoms with Crippen LogP contribution in [0.5, 0.6) is 0 Å². The average Bonchev–Trinajstić information content (AvgIpc) is 2.96. The highest BCUT2D eigenvalue weighted by molar-refractivity contribution is 5.98. The number of Topliss-reactive ketones (excluding diaryl/α,β-unsaturated/α-hetero) is 1. The largest absolute Gasteiger partial charge is 0.389 e. The Labute approximate surface area is 116 Å². The molecule has 0 amide bonds. The predicted molar refractivity (Wildman–Crippen MR) is 73.7 cm³/mol. The van der Waals surface area contributed by atoms with Crippen LogP contribution in [-0.2, 0) is 6.42 Å². The highest BCUT2D eigenvalue weighted by Crippen LogP contribution is 2.16. The first kappa shape index (κ1) is 13.9. The number of benzene rings is 1. The van der Waals surface area contributed by atoms with Gasteiger partial charge in [0.2, 0.25) is 0 Å². The normalized spacial score (nSPS) is 12.1. The van der Waals surface area contributed by atoms with E-state index in [0.29, 0.717) is 5.56 Å². The summed E-state index contributed by atoms with van der Waals surface area (Å²) in [4.78, 5) is 22.3. The Hall–Kier alpha value is -2.50. The predicted octanol–water partition coefficient (Wildman–Crippen LogP) is 2.80. The van der Waals surface area contributed by atoms with Crippen molar-refractivity contribution in [1.29, 1.82) is 0 Å². The maximum absolute atomic E-state index is 12.3. The van der Waals surface area contributed by atoms with Gasteiger partial charge in [-0.05, 0) is 23.8 Å². The molecule has 1 aromatic carbocycles. The Morgan fingerprint density at radius 1 is 1.35 bits per heavy atom. The number of ketones is 1. The third-order valence-electron chi connectivity index (χ3n) is 3.20. The minimum atomic E-state index is -0.580. The van der Waals surface area contributed by atoms with Gasteiger partial charge in [-0.3, -0.25) is 4.79 Å². The molecule has 0 aliphatic rings. The van der Waals surface area contributed by atoms with Gasteiger partial charge in [0.1, 0.15) is 6.04 Å². The molecule has 2 rings (SSSR count). The minimum Gasteiger partial charge on any atom is -0.358 e. The fourth-order valence-electron chi connectivity index (χ4n) is 1.91. The van der Waals surface area contributed by atoms with Crippen molar-refractivity contribution in [2.45, 2.75) is 26.3 Å². The smallest absolute Gasteiger partial charge is 0.358 e. The zero-order valence-corrected chi connectivity index (χ0v) is 11.3. The molecule has 0 N–H and O–H groups in total.